The van der Waals surface area contributed by atoms with E-state index in [1.807, 2.05) is 0 Å². The number of nitrogens with one attached hydrogen (secondary N) is 1. The molecular weight excluding hydrogens is 168 g/mol. The molecule has 0 amide bonds. The van der Waals surface area contributed by atoms with E-state index >= 15 is 0 Å². The zero-order valence-corrected chi connectivity index (χ0v) is 8.54. The van der Waals surface area contributed by atoms with Crippen LogP contribution < -0.4 is 11.1 Å². The maximum atomic E-state index is 5.42. The molecule has 72 valence electrons. The maximum Gasteiger partial charge on any atom is 0.0158 e. The van der Waals surface area contributed by atoms with Crippen molar-refractivity contribution in [2.75, 3.05) is 24.6 Å². The summed E-state index contributed by atoms with van der Waals surface area (Å²) < 4.78 is 0. The fourth-order valence-corrected chi connectivity index (χ4v) is 2.58. The van der Waals surface area contributed by atoms with Crippen LogP contribution in [0.25, 0.3) is 0 Å². The Morgan fingerprint density at radius 3 is 3.00 bits per heavy atom. The lowest BCUT2D eigenvalue weighted by atomic mass is 10.2. The van der Waals surface area contributed by atoms with Crippen LogP contribution in [0.1, 0.15) is 25.7 Å². The van der Waals surface area contributed by atoms with Gasteiger partial charge in [0.25, 0.3) is 0 Å². The minimum atomic E-state index is 0.779. The first-order chi connectivity index (χ1) is 5.93. The predicted molar refractivity (Wildman–Crippen MR) is 56.6 cm³/mol. The van der Waals surface area contributed by atoms with E-state index in [1.54, 1.807) is 0 Å². The second-order valence-corrected chi connectivity index (χ2v) is 4.51. The van der Waals surface area contributed by atoms with Crippen LogP contribution in [0.4, 0.5) is 0 Å². The van der Waals surface area contributed by atoms with Gasteiger partial charge in [-0.2, -0.15) is 11.8 Å². The second kappa shape index (κ2) is 6.75. The number of hydrogen-bond acceptors (Lipinski definition) is 3. The molecule has 1 rings (SSSR count). The third-order valence-electron chi connectivity index (χ3n) is 2.22. The van der Waals surface area contributed by atoms with Crippen LogP contribution in [-0.4, -0.2) is 30.6 Å². The van der Waals surface area contributed by atoms with Crippen molar-refractivity contribution < 1.29 is 0 Å². The topological polar surface area (TPSA) is 38.0 Å². The number of thioether (sulfide) groups is 1. The van der Waals surface area contributed by atoms with Crippen molar-refractivity contribution in [2.45, 2.75) is 31.7 Å². The van der Waals surface area contributed by atoms with E-state index in [4.69, 9.17) is 5.73 Å². The minimum absolute atomic E-state index is 0.779. The van der Waals surface area contributed by atoms with Crippen LogP contribution in [0.3, 0.4) is 0 Å². The van der Waals surface area contributed by atoms with Gasteiger partial charge < -0.3 is 11.1 Å². The Kier molecular flexibility index (Phi) is 5.82. The Balaban J connectivity index is 1.91. The highest BCUT2D eigenvalue weighted by Gasteiger charge is 2.11. The molecule has 1 saturated heterocycles. The first-order valence-electron chi connectivity index (χ1n) is 4.94. The van der Waals surface area contributed by atoms with Crippen molar-refractivity contribution in [3.63, 3.8) is 0 Å². The Labute approximate surface area is 79.7 Å². The molecule has 0 aromatic carbocycles. The normalized spacial score (nSPS) is 24.2. The molecule has 0 saturated carbocycles. The average Bonchev–Trinajstić information content (AvgIpc) is 2.14. The third-order valence-corrected chi connectivity index (χ3v) is 3.44. The fraction of sp³-hybridized carbons (Fsp3) is 1.00. The van der Waals surface area contributed by atoms with Gasteiger partial charge >= 0.3 is 0 Å². The standard InChI is InChI=1S/C9H20N2S/c10-5-1-2-6-11-9-4-3-7-12-8-9/h9,11H,1-8,10H2. The summed E-state index contributed by atoms with van der Waals surface area (Å²) >= 11 is 2.08. The minimum Gasteiger partial charge on any atom is -0.330 e. The SMILES string of the molecule is NCCCCNC1CCCSC1. The summed E-state index contributed by atoms with van der Waals surface area (Å²) in [5, 5.41) is 3.58. The Morgan fingerprint density at radius 1 is 1.42 bits per heavy atom. The Morgan fingerprint density at radius 2 is 2.33 bits per heavy atom. The van der Waals surface area contributed by atoms with E-state index in [0.29, 0.717) is 0 Å². The van der Waals surface area contributed by atoms with Gasteiger partial charge in [-0.25, -0.2) is 0 Å². The smallest absolute Gasteiger partial charge is 0.0158 e. The number of unbranched alkanes of at least 4 members (excludes halogenated alkanes) is 1. The van der Waals surface area contributed by atoms with Gasteiger partial charge in [-0.3, -0.25) is 0 Å². The van der Waals surface area contributed by atoms with E-state index in [1.165, 1.54) is 30.8 Å². The van der Waals surface area contributed by atoms with E-state index in [0.717, 1.165) is 25.6 Å². The molecule has 1 fully saturated rings. The van der Waals surface area contributed by atoms with Crippen molar-refractivity contribution >= 4 is 11.8 Å². The molecule has 1 atom stereocenters. The zero-order valence-electron chi connectivity index (χ0n) is 7.72. The van der Waals surface area contributed by atoms with Gasteiger partial charge in [0.05, 0.1) is 0 Å². The molecule has 1 aliphatic heterocycles. The summed E-state index contributed by atoms with van der Waals surface area (Å²) in [5.74, 6) is 2.67. The third kappa shape index (κ3) is 4.33. The molecule has 1 aliphatic rings. The first kappa shape index (κ1) is 10.4. The van der Waals surface area contributed by atoms with Gasteiger partial charge in [-0.05, 0) is 44.5 Å². The van der Waals surface area contributed by atoms with Gasteiger partial charge in [0.2, 0.25) is 0 Å². The highest BCUT2D eigenvalue weighted by Crippen LogP contribution is 2.16. The van der Waals surface area contributed by atoms with Crippen molar-refractivity contribution in [3.8, 4) is 0 Å². The van der Waals surface area contributed by atoms with Crippen molar-refractivity contribution in [2.24, 2.45) is 5.73 Å². The molecule has 12 heavy (non-hydrogen) atoms. The predicted octanol–water partition coefficient (Wildman–Crippen LogP) is 1.21. The van der Waals surface area contributed by atoms with Gasteiger partial charge in [0.15, 0.2) is 0 Å². The first-order valence-corrected chi connectivity index (χ1v) is 6.10. The van der Waals surface area contributed by atoms with Crippen LogP contribution >= 0.6 is 11.8 Å². The molecule has 0 aromatic heterocycles. The lowest BCUT2D eigenvalue weighted by Gasteiger charge is -2.22. The molecule has 2 nitrogen and oxygen atoms in total. The van der Waals surface area contributed by atoms with Gasteiger partial charge in [0, 0.05) is 11.8 Å². The van der Waals surface area contributed by atoms with E-state index in [2.05, 4.69) is 17.1 Å². The van der Waals surface area contributed by atoms with Crippen LogP contribution in [0.2, 0.25) is 0 Å². The van der Waals surface area contributed by atoms with Crippen molar-refractivity contribution in [1.82, 2.24) is 5.32 Å². The number of hydrogen-bond donors (Lipinski definition) is 2. The van der Waals surface area contributed by atoms with Gasteiger partial charge in [-0.1, -0.05) is 0 Å². The van der Waals surface area contributed by atoms with E-state index < -0.39 is 0 Å². The summed E-state index contributed by atoms with van der Waals surface area (Å²) in [5.41, 5.74) is 5.42. The van der Waals surface area contributed by atoms with Crippen LogP contribution in [0.5, 0.6) is 0 Å². The molecule has 3 heteroatoms. The lowest BCUT2D eigenvalue weighted by molar-refractivity contribution is 0.496. The maximum absolute atomic E-state index is 5.42. The number of nitrogens with two attached hydrogens (primary N) is 1. The second-order valence-electron chi connectivity index (χ2n) is 3.36. The largest absolute Gasteiger partial charge is 0.330 e. The highest BCUT2D eigenvalue weighted by atomic mass is 32.2. The summed E-state index contributed by atoms with van der Waals surface area (Å²) in [4.78, 5) is 0. The summed E-state index contributed by atoms with van der Waals surface area (Å²) in [7, 11) is 0. The molecular formula is C9H20N2S. The molecule has 0 aromatic rings. The molecule has 0 bridgehead atoms. The van der Waals surface area contributed by atoms with Crippen LogP contribution in [0.15, 0.2) is 0 Å². The fourth-order valence-electron chi connectivity index (χ4n) is 1.48. The number of rotatable bonds is 5. The van der Waals surface area contributed by atoms with E-state index in [-0.39, 0.29) is 0 Å². The highest BCUT2D eigenvalue weighted by molar-refractivity contribution is 7.99. The molecule has 0 aliphatic carbocycles. The van der Waals surface area contributed by atoms with Crippen LogP contribution in [0, 0.1) is 0 Å². The molecule has 0 spiro atoms. The summed E-state index contributed by atoms with van der Waals surface area (Å²) in [6.45, 7) is 1.99. The lowest BCUT2D eigenvalue weighted by Crippen LogP contribution is -2.34. The molecule has 0 radical (unpaired) electrons. The Hall–Kier alpha value is 0.270. The molecule has 1 heterocycles. The van der Waals surface area contributed by atoms with E-state index in [9.17, 15) is 0 Å². The van der Waals surface area contributed by atoms with Gasteiger partial charge in [-0.15, -0.1) is 0 Å². The van der Waals surface area contributed by atoms with Gasteiger partial charge in [0.1, 0.15) is 0 Å². The van der Waals surface area contributed by atoms with Crippen molar-refractivity contribution in [3.05, 3.63) is 0 Å². The summed E-state index contributed by atoms with van der Waals surface area (Å²) in [6.07, 6.45) is 5.15. The summed E-state index contributed by atoms with van der Waals surface area (Å²) in [6, 6.07) is 0.779. The van der Waals surface area contributed by atoms with Crippen LogP contribution in [-0.2, 0) is 0 Å². The quantitative estimate of drug-likeness (QED) is 0.637. The molecule has 3 N–H and O–H groups in total. The average molecular weight is 188 g/mol. The Bertz CT molecular complexity index is 103. The zero-order chi connectivity index (χ0) is 8.65. The monoisotopic (exact) mass is 188 g/mol. The molecule has 1 unspecified atom stereocenters. The van der Waals surface area contributed by atoms with Crippen molar-refractivity contribution in [1.29, 1.82) is 0 Å².